The molecule has 0 aromatic carbocycles. The highest BCUT2D eigenvalue weighted by molar-refractivity contribution is 4.89. The number of hydrogen-bond acceptors (Lipinski definition) is 2. The Hall–Kier alpha value is -0.0800. The lowest BCUT2D eigenvalue weighted by Gasteiger charge is -2.32. The Balaban J connectivity index is 0.000000442. The highest BCUT2D eigenvalue weighted by Crippen LogP contribution is 2.42. The minimum atomic E-state index is 0.646. The van der Waals surface area contributed by atoms with Gasteiger partial charge in [0.15, 0.2) is 0 Å². The first-order valence-corrected chi connectivity index (χ1v) is 6.80. The summed E-state index contributed by atoms with van der Waals surface area (Å²) in [6.45, 7) is 10.3. The molecule has 1 aliphatic carbocycles. The van der Waals surface area contributed by atoms with Crippen molar-refractivity contribution in [1.82, 2.24) is 5.01 Å². The van der Waals surface area contributed by atoms with Crippen LogP contribution >= 0.6 is 0 Å². The minimum absolute atomic E-state index is 0.646. The summed E-state index contributed by atoms with van der Waals surface area (Å²) in [4.78, 5) is 0. The molecule has 0 aromatic rings. The van der Waals surface area contributed by atoms with Crippen molar-refractivity contribution < 1.29 is 0 Å². The zero-order valence-electron chi connectivity index (χ0n) is 11.2. The summed E-state index contributed by atoms with van der Waals surface area (Å²) in [6.07, 6.45) is 8.54. The van der Waals surface area contributed by atoms with Crippen molar-refractivity contribution in [1.29, 1.82) is 0 Å². The Morgan fingerprint density at radius 1 is 0.867 bits per heavy atom. The second-order valence-corrected chi connectivity index (χ2v) is 4.28. The summed E-state index contributed by atoms with van der Waals surface area (Å²) in [7, 11) is 0. The molecule has 1 saturated heterocycles. The molecule has 92 valence electrons. The maximum absolute atomic E-state index is 5.77. The Labute approximate surface area is 96.2 Å². The normalized spacial score (nSPS) is 23.8. The third-order valence-corrected chi connectivity index (χ3v) is 3.38. The van der Waals surface area contributed by atoms with E-state index in [4.69, 9.17) is 5.84 Å². The lowest BCUT2D eigenvalue weighted by molar-refractivity contribution is 0.187. The first-order valence-electron chi connectivity index (χ1n) is 6.80. The van der Waals surface area contributed by atoms with Gasteiger partial charge in [0.1, 0.15) is 0 Å². The first kappa shape index (κ1) is 14.9. The van der Waals surface area contributed by atoms with E-state index in [1.807, 2.05) is 32.7 Å². The molecule has 2 fully saturated rings. The van der Waals surface area contributed by atoms with Gasteiger partial charge in [0, 0.05) is 13.1 Å². The predicted octanol–water partition coefficient (Wildman–Crippen LogP) is 3.57. The van der Waals surface area contributed by atoms with Crippen LogP contribution in [0.15, 0.2) is 0 Å². The summed E-state index contributed by atoms with van der Waals surface area (Å²) in [5.74, 6) is 5.77. The lowest BCUT2D eigenvalue weighted by atomic mass is 9.74. The highest BCUT2D eigenvalue weighted by Gasteiger charge is 2.37. The van der Waals surface area contributed by atoms with Crippen molar-refractivity contribution in [2.24, 2.45) is 11.3 Å². The zero-order valence-corrected chi connectivity index (χ0v) is 11.2. The van der Waals surface area contributed by atoms with E-state index < -0.39 is 0 Å². The summed E-state index contributed by atoms with van der Waals surface area (Å²) in [5.41, 5.74) is 0.646. The molecule has 1 saturated carbocycles. The van der Waals surface area contributed by atoms with Crippen LogP contribution in [-0.4, -0.2) is 18.1 Å². The van der Waals surface area contributed by atoms with Gasteiger partial charge in [-0.25, -0.2) is 5.01 Å². The molecule has 1 aliphatic heterocycles. The molecule has 2 aliphatic rings. The Morgan fingerprint density at radius 3 is 1.80 bits per heavy atom. The topological polar surface area (TPSA) is 29.3 Å². The lowest BCUT2D eigenvalue weighted by Crippen LogP contribution is -2.33. The van der Waals surface area contributed by atoms with E-state index in [0.29, 0.717) is 5.41 Å². The van der Waals surface area contributed by atoms with E-state index in [1.165, 1.54) is 38.5 Å². The fourth-order valence-electron chi connectivity index (χ4n) is 2.68. The number of hydrazine groups is 1. The van der Waals surface area contributed by atoms with Gasteiger partial charge in [-0.2, -0.15) is 0 Å². The Morgan fingerprint density at radius 2 is 1.40 bits per heavy atom. The summed E-state index contributed by atoms with van der Waals surface area (Å²) in [5, 5.41) is 2.01. The number of rotatable bonds is 0. The number of hydrogen-bond donors (Lipinski definition) is 1. The molecule has 2 rings (SSSR count). The molecule has 0 atom stereocenters. The van der Waals surface area contributed by atoms with E-state index in [1.54, 1.807) is 0 Å². The van der Waals surface area contributed by atoms with Crippen LogP contribution in [0.1, 0.15) is 66.2 Å². The molecule has 2 nitrogen and oxygen atoms in total. The van der Waals surface area contributed by atoms with Gasteiger partial charge in [0.05, 0.1) is 0 Å². The second kappa shape index (κ2) is 8.12. The van der Waals surface area contributed by atoms with E-state index in [9.17, 15) is 0 Å². The summed E-state index contributed by atoms with van der Waals surface area (Å²) in [6, 6.07) is 0. The smallest absolute Gasteiger partial charge is 0.0185 e. The summed E-state index contributed by atoms with van der Waals surface area (Å²) < 4.78 is 0. The van der Waals surface area contributed by atoms with E-state index in [-0.39, 0.29) is 0 Å². The van der Waals surface area contributed by atoms with Gasteiger partial charge >= 0.3 is 0 Å². The maximum Gasteiger partial charge on any atom is 0.0185 e. The molecule has 0 radical (unpaired) electrons. The molecule has 0 unspecified atom stereocenters. The maximum atomic E-state index is 5.77. The van der Waals surface area contributed by atoms with E-state index >= 15 is 0 Å². The zero-order chi connectivity index (χ0) is 11.7. The third-order valence-electron chi connectivity index (χ3n) is 3.38. The van der Waals surface area contributed by atoms with Gasteiger partial charge < -0.3 is 0 Å². The Bertz CT molecular complexity index is 134. The van der Waals surface area contributed by atoms with Crippen molar-refractivity contribution in [3.63, 3.8) is 0 Å². The molecular weight excluding hydrogens is 184 g/mol. The highest BCUT2D eigenvalue weighted by atomic mass is 15.4. The fourth-order valence-corrected chi connectivity index (χ4v) is 2.68. The average molecular weight is 214 g/mol. The van der Waals surface area contributed by atoms with E-state index in [2.05, 4.69) is 0 Å². The molecule has 0 aromatic heterocycles. The van der Waals surface area contributed by atoms with Crippen LogP contribution in [0.5, 0.6) is 0 Å². The third kappa shape index (κ3) is 4.52. The van der Waals surface area contributed by atoms with Crippen LogP contribution in [-0.2, 0) is 0 Å². The van der Waals surface area contributed by atoms with Crippen LogP contribution in [0.4, 0.5) is 0 Å². The average Bonchev–Trinajstić information content (AvgIpc) is 2.66. The molecule has 1 heterocycles. The van der Waals surface area contributed by atoms with Crippen LogP contribution in [0.2, 0.25) is 0 Å². The van der Waals surface area contributed by atoms with E-state index in [0.717, 1.165) is 13.1 Å². The second-order valence-electron chi connectivity index (χ2n) is 4.28. The van der Waals surface area contributed by atoms with Crippen molar-refractivity contribution in [2.45, 2.75) is 66.2 Å². The molecule has 2 N–H and O–H groups in total. The minimum Gasteiger partial charge on any atom is -0.269 e. The van der Waals surface area contributed by atoms with Gasteiger partial charge in [0.2, 0.25) is 0 Å². The number of nitrogens with zero attached hydrogens (tertiary/aromatic N) is 1. The fraction of sp³-hybridized carbons (Fsp3) is 1.00. The van der Waals surface area contributed by atoms with Crippen molar-refractivity contribution in [3.05, 3.63) is 0 Å². The van der Waals surface area contributed by atoms with Crippen LogP contribution < -0.4 is 5.84 Å². The molecule has 2 heteroatoms. The van der Waals surface area contributed by atoms with Crippen molar-refractivity contribution in [2.75, 3.05) is 13.1 Å². The standard InChI is InChI=1S/C9H18N2.2C2H6/c10-11-7-6-9(8-11)4-2-1-3-5-9;2*1-2/h1-8,10H2;2*1-2H3. The van der Waals surface area contributed by atoms with Crippen LogP contribution in [0.3, 0.4) is 0 Å². The molecular formula is C13H30N2. The number of nitrogens with two attached hydrogens (primary N) is 1. The molecule has 1 spiro atoms. The van der Waals surface area contributed by atoms with Gasteiger partial charge in [-0.3, -0.25) is 5.84 Å². The van der Waals surface area contributed by atoms with Gasteiger partial charge in [-0.1, -0.05) is 47.0 Å². The largest absolute Gasteiger partial charge is 0.269 e. The van der Waals surface area contributed by atoms with Crippen LogP contribution in [0, 0.1) is 5.41 Å². The Kier molecular flexibility index (Phi) is 8.07. The summed E-state index contributed by atoms with van der Waals surface area (Å²) >= 11 is 0. The van der Waals surface area contributed by atoms with Crippen molar-refractivity contribution >= 4 is 0 Å². The van der Waals surface area contributed by atoms with Crippen LogP contribution in [0.25, 0.3) is 0 Å². The molecule has 0 bridgehead atoms. The monoisotopic (exact) mass is 214 g/mol. The molecule has 15 heavy (non-hydrogen) atoms. The predicted molar refractivity (Wildman–Crippen MR) is 68.6 cm³/mol. The van der Waals surface area contributed by atoms with Gasteiger partial charge in [0.25, 0.3) is 0 Å². The van der Waals surface area contributed by atoms with Gasteiger partial charge in [-0.15, -0.1) is 0 Å². The molecule has 0 amide bonds. The SMILES string of the molecule is CC.CC.NN1CCC2(CCCCC2)C1. The quantitative estimate of drug-likeness (QED) is 0.625. The van der Waals surface area contributed by atoms with Crippen molar-refractivity contribution in [3.8, 4) is 0 Å². The first-order chi connectivity index (χ1) is 7.31. The van der Waals surface area contributed by atoms with Gasteiger partial charge in [-0.05, 0) is 24.7 Å².